The number of halogens is 1. The molecule has 3 aliphatic carbocycles. The molecule has 8 heteroatoms. The molecular formula is C29H29BrO7. The Bertz CT molecular complexity index is 1320. The molecule has 0 unspecified atom stereocenters. The Morgan fingerprint density at radius 3 is 2.70 bits per heavy atom. The van der Waals surface area contributed by atoms with E-state index in [0.717, 1.165) is 34.0 Å². The fourth-order valence-corrected chi connectivity index (χ4v) is 9.00. The SMILES string of the molecule is CC(C)[C@]12O[C@H]1[C@@H]1O[C@]13[C@]1(O[C@H]1C[C@H]1C4=C(CC[C@@]13C)C(=O)OC4)[C@@H]2OC(=O)/C=C/c1ccc(Br)cc1. The van der Waals surface area contributed by atoms with Gasteiger partial charge in [0.2, 0.25) is 0 Å². The molecule has 2 spiro atoms. The summed E-state index contributed by atoms with van der Waals surface area (Å²) in [7, 11) is 0. The van der Waals surface area contributed by atoms with Gasteiger partial charge in [-0.1, -0.05) is 48.8 Å². The average molecular weight is 569 g/mol. The number of epoxide rings is 3. The summed E-state index contributed by atoms with van der Waals surface area (Å²) in [5.41, 5.74) is 0.673. The van der Waals surface area contributed by atoms with Crippen molar-refractivity contribution in [3.63, 3.8) is 0 Å². The van der Waals surface area contributed by atoms with E-state index < -0.39 is 28.9 Å². The van der Waals surface area contributed by atoms with Crippen molar-refractivity contribution in [2.24, 2.45) is 17.3 Å². The van der Waals surface area contributed by atoms with Crippen LogP contribution in [0.2, 0.25) is 0 Å². The zero-order chi connectivity index (χ0) is 25.5. The molecule has 0 N–H and O–H groups in total. The first-order chi connectivity index (χ1) is 17.7. The molecule has 0 amide bonds. The minimum atomic E-state index is -0.733. The number of carbonyl (C=O) groups excluding carboxylic acids is 2. The molecule has 37 heavy (non-hydrogen) atoms. The predicted octanol–water partition coefficient (Wildman–Crippen LogP) is 4.13. The summed E-state index contributed by atoms with van der Waals surface area (Å²) in [6.45, 7) is 6.88. The van der Waals surface area contributed by atoms with Gasteiger partial charge in [0.1, 0.15) is 30.0 Å². The van der Waals surface area contributed by atoms with Crippen LogP contribution in [0.15, 0.2) is 46.0 Å². The maximum atomic E-state index is 13.3. The standard InChI is InChI=1S/C29H29BrO7/c1-14(2)27-22(36-27)23-29(37-23)26(3)11-10-17-18(13-33-24(17)32)19(26)12-20-28(29,35-20)25(27)34-21(31)9-6-15-4-7-16(30)8-5-15/h4-9,14,19-20,22-23,25H,10-13H2,1-3H3/b9-6+/t19-,20-,22-,23-,25+,26-,27-,28+,29+/m0/s1. The first kappa shape index (κ1) is 22.9. The summed E-state index contributed by atoms with van der Waals surface area (Å²) in [5, 5.41) is 0. The summed E-state index contributed by atoms with van der Waals surface area (Å²) in [4.78, 5) is 25.6. The number of benzene rings is 1. The van der Waals surface area contributed by atoms with Crippen molar-refractivity contribution in [2.45, 2.75) is 81.3 Å². The van der Waals surface area contributed by atoms with Gasteiger partial charge in [-0.2, -0.15) is 0 Å². The monoisotopic (exact) mass is 568 g/mol. The highest BCUT2D eigenvalue weighted by atomic mass is 79.9. The third-order valence-electron chi connectivity index (χ3n) is 10.6. The van der Waals surface area contributed by atoms with Gasteiger partial charge in [0.15, 0.2) is 11.7 Å². The Morgan fingerprint density at radius 1 is 1.16 bits per heavy atom. The molecule has 0 aromatic heterocycles. The van der Waals surface area contributed by atoms with Gasteiger partial charge in [-0.15, -0.1) is 0 Å². The lowest BCUT2D eigenvalue weighted by molar-refractivity contribution is -0.163. The fraction of sp³-hybridized carbons (Fsp3) is 0.586. The van der Waals surface area contributed by atoms with Gasteiger partial charge in [-0.05, 0) is 60.4 Å². The van der Waals surface area contributed by atoms with E-state index in [1.165, 1.54) is 6.08 Å². The van der Waals surface area contributed by atoms with E-state index >= 15 is 0 Å². The van der Waals surface area contributed by atoms with Crippen molar-refractivity contribution in [1.29, 1.82) is 0 Å². The smallest absolute Gasteiger partial charge is 0.334 e. The van der Waals surface area contributed by atoms with Crippen molar-refractivity contribution in [3.8, 4) is 0 Å². The molecular weight excluding hydrogens is 540 g/mol. The van der Waals surface area contributed by atoms with Crippen molar-refractivity contribution in [1.82, 2.24) is 0 Å². The molecule has 1 aromatic rings. The Kier molecular flexibility index (Phi) is 4.31. The van der Waals surface area contributed by atoms with E-state index in [-0.39, 0.29) is 41.5 Å². The molecule has 194 valence electrons. The fourth-order valence-electron chi connectivity index (χ4n) is 8.74. The van der Waals surface area contributed by atoms with Gasteiger partial charge in [-0.3, -0.25) is 0 Å². The number of esters is 2. The first-order valence-electron chi connectivity index (χ1n) is 13.3. The lowest BCUT2D eigenvalue weighted by atomic mass is 9.46. The van der Waals surface area contributed by atoms with E-state index in [1.807, 2.05) is 24.3 Å². The van der Waals surface area contributed by atoms with Crippen LogP contribution in [0.5, 0.6) is 0 Å². The molecule has 4 aliphatic heterocycles. The Morgan fingerprint density at radius 2 is 1.95 bits per heavy atom. The van der Waals surface area contributed by atoms with Crippen LogP contribution in [0.1, 0.15) is 45.6 Å². The van der Waals surface area contributed by atoms with Crippen LogP contribution in [0.3, 0.4) is 0 Å². The zero-order valence-corrected chi connectivity index (χ0v) is 22.6. The highest BCUT2D eigenvalue weighted by molar-refractivity contribution is 9.10. The second-order valence-electron chi connectivity index (χ2n) is 12.2. The summed E-state index contributed by atoms with van der Waals surface area (Å²) in [6.07, 6.45) is 4.60. The quantitative estimate of drug-likeness (QED) is 0.306. The molecule has 9 atom stereocenters. The molecule has 4 heterocycles. The van der Waals surface area contributed by atoms with Gasteiger partial charge in [0, 0.05) is 21.5 Å². The van der Waals surface area contributed by atoms with Crippen LogP contribution in [-0.2, 0) is 33.3 Å². The van der Waals surface area contributed by atoms with Crippen LogP contribution in [-0.4, -0.2) is 59.8 Å². The van der Waals surface area contributed by atoms with E-state index in [2.05, 4.69) is 36.7 Å². The molecule has 0 bridgehead atoms. The van der Waals surface area contributed by atoms with E-state index in [4.69, 9.17) is 23.7 Å². The third-order valence-corrected chi connectivity index (χ3v) is 11.1. The molecule has 3 saturated heterocycles. The van der Waals surface area contributed by atoms with Crippen molar-refractivity contribution >= 4 is 33.9 Å². The van der Waals surface area contributed by atoms with E-state index in [0.29, 0.717) is 13.0 Å². The molecule has 2 saturated carbocycles. The normalized spacial score (nSPS) is 47.8. The maximum absolute atomic E-state index is 13.3. The summed E-state index contributed by atoms with van der Waals surface area (Å²) >= 11 is 3.44. The average Bonchev–Trinajstić information content (AvgIpc) is 3.77. The second-order valence-corrected chi connectivity index (χ2v) is 13.1. The summed E-state index contributed by atoms with van der Waals surface area (Å²) < 4.78 is 32.6. The van der Waals surface area contributed by atoms with Crippen LogP contribution in [0.4, 0.5) is 0 Å². The first-order valence-corrected chi connectivity index (χ1v) is 14.0. The molecule has 7 aliphatic rings. The van der Waals surface area contributed by atoms with Gasteiger partial charge in [0.25, 0.3) is 0 Å². The van der Waals surface area contributed by atoms with Crippen molar-refractivity contribution in [3.05, 3.63) is 51.5 Å². The van der Waals surface area contributed by atoms with Crippen molar-refractivity contribution in [2.75, 3.05) is 6.61 Å². The molecule has 8 rings (SSSR count). The Labute approximate surface area is 223 Å². The number of fused-ring (bicyclic) bond motifs is 4. The van der Waals surface area contributed by atoms with Crippen LogP contribution < -0.4 is 0 Å². The lowest BCUT2D eigenvalue weighted by Crippen LogP contribution is -2.70. The van der Waals surface area contributed by atoms with Gasteiger partial charge < -0.3 is 23.7 Å². The maximum Gasteiger partial charge on any atom is 0.334 e. The third kappa shape index (κ3) is 2.54. The van der Waals surface area contributed by atoms with E-state index in [9.17, 15) is 9.59 Å². The molecule has 1 aromatic carbocycles. The summed E-state index contributed by atoms with van der Waals surface area (Å²) in [6, 6.07) is 7.75. The number of ether oxygens (including phenoxy) is 5. The largest absolute Gasteiger partial charge is 0.458 e. The molecule has 5 fully saturated rings. The zero-order valence-electron chi connectivity index (χ0n) is 21.0. The topological polar surface area (TPSA) is 90.2 Å². The number of rotatable bonds is 4. The van der Waals surface area contributed by atoms with Crippen LogP contribution in [0, 0.1) is 17.3 Å². The minimum absolute atomic E-state index is 0.0962. The van der Waals surface area contributed by atoms with E-state index in [1.54, 1.807) is 6.08 Å². The van der Waals surface area contributed by atoms with Gasteiger partial charge in [0.05, 0.1) is 6.10 Å². The number of carbonyl (C=O) groups is 2. The summed E-state index contributed by atoms with van der Waals surface area (Å²) in [5.74, 6) is -0.309. The van der Waals surface area contributed by atoms with Gasteiger partial charge in [-0.25, -0.2) is 9.59 Å². The van der Waals surface area contributed by atoms with Crippen molar-refractivity contribution < 1.29 is 33.3 Å². The second kappa shape index (κ2) is 6.95. The number of cyclic esters (lactones) is 1. The predicted molar refractivity (Wildman–Crippen MR) is 134 cm³/mol. The lowest BCUT2D eigenvalue weighted by Gasteiger charge is -2.53. The number of hydrogen-bond acceptors (Lipinski definition) is 7. The number of hydrogen-bond donors (Lipinski definition) is 0. The van der Waals surface area contributed by atoms with Crippen LogP contribution in [0.25, 0.3) is 6.08 Å². The van der Waals surface area contributed by atoms with Crippen LogP contribution >= 0.6 is 15.9 Å². The van der Waals surface area contributed by atoms with Gasteiger partial charge >= 0.3 is 11.9 Å². The highest BCUT2D eigenvalue weighted by Crippen LogP contribution is 2.83. The highest BCUT2D eigenvalue weighted by Gasteiger charge is 3.01. The Hall–Kier alpha value is -2.00. The molecule has 7 nitrogen and oxygen atoms in total. The Balaban J connectivity index is 1.16. The molecule has 0 radical (unpaired) electrons. The minimum Gasteiger partial charge on any atom is -0.458 e.